The monoisotopic (exact) mass is 206 g/mol. The summed E-state index contributed by atoms with van der Waals surface area (Å²) in [5.74, 6) is 0. The van der Waals surface area contributed by atoms with E-state index in [1.54, 1.807) is 0 Å². The SMILES string of the molecule is CCCCO[C@H]1C(O)O[C@H](CO)[C@H]1O. The molecule has 0 aromatic rings. The third-order valence-electron chi connectivity index (χ3n) is 2.30. The normalized spacial score (nSPS) is 37.7. The van der Waals surface area contributed by atoms with Crippen molar-refractivity contribution in [1.29, 1.82) is 0 Å². The van der Waals surface area contributed by atoms with Crippen LogP contribution in [0.1, 0.15) is 19.8 Å². The molecule has 1 aliphatic rings. The maximum absolute atomic E-state index is 9.55. The molecule has 1 fully saturated rings. The smallest absolute Gasteiger partial charge is 0.184 e. The molecule has 1 aliphatic heterocycles. The van der Waals surface area contributed by atoms with Crippen LogP contribution in [0.5, 0.6) is 0 Å². The summed E-state index contributed by atoms with van der Waals surface area (Å²) in [7, 11) is 0. The molecule has 0 bridgehead atoms. The van der Waals surface area contributed by atoms with E-state index < -0.39 is 24.6 Å². The molecule has 1 rings (SSSR count). The van der Waals surface area contributed by atoms with Crippen LogP contribution in [0.4, 0.5) is 0 Å². The highest BCUT2D eigenvalue weighted by Gasteiger charge is 2.43. The fourth-order valence-electron chi connectivity index (χ4n) is 1.41. The van der Waals surface area contributed by atoms with Crippen LogP contribution in [0, 0.1) is 0 Å². The first-order valence-corrected chi connectivity index (χ1v) is 4.94. The number of ether oxygens (including phenoxy) is 2. The summed E-state index contributed by atoms with van der Waals surface area (Å²) >= 11 is 0. The van der Waals surface area contributed by atoms with Crippen molar-refractivity contribution in [3.05, 3.63) is 0 Å². The zero-order valence-electron chi connectivity index (χ0n) is 8.30. The van der Waals surface area contributed by atoms with Gasteiger partial charge in [-0.1, -0.05) is 13.3 Å². The van der Waals surface area contributed by atoms with Crippen LogP contribution in [0.15, 0.2) is 0 Å². The van der Waals surface area contributed by atoms with Gasteiger partial charge in [0.1, 0.15) is 18.3 Å². The van der Waals surface area contributed by atoms with Crippen molar-refractivity contribution in [1.82, 2.24) is 0 Å². The van der Waals surface area contributed by atoms with Gasteiger partial charge in [-0.05, 0) is 6.42 Å². The zero-order chi connectivity index (χ0) is 10.6. The highest BCUT2D eigenvalue weighted by Crippen LogP contribution is 2.22. The summed E-state index contributed by atoms with van der Waals surface area (Å²) in [5, 5.41) is 27.7. The standard InChI is InChI=1S/C9H18O5/c1-2-3-4-13-8-7(11)6(5-10)14-9(8)12/h6-12H,2-5H2,1H3/t6-,7-,8-,9?/m1/s1. The summed E-state index contributed by atoms with van der Waals surface area (Å²) in [4.78, 5) is 0. The van der Waals surface area contributed by atoms with E-state index in [9.17, 15) is 10.2 Å². The molecule has 0 saturated carbocycles. The van der Waals surface area contributed by atoms with Crippen molar-refractivity contribution in [2.24, 2.45) is 0 Å². The average Bonchev–Trinajstić information content (AvgIpc) is 2.45. The molecule has 1 unspecified atom stereocenters. The molecular formula is C9H18O5. The number of hydrogen-bond acceptors (Lipinski definition) is 5. The fourth-order valence-corrected chi connectivity index (χ4v) is 1.41. The van der Waals surface area contributed by atoms with E-state index in [0.29, 0.717) is 6.61 Å². The van der Waals surface area contributed by atoms with Crippen LogP contribution in [0.25, 0.3) is 0 Å². The van der Waals surface area contributed by atoms with E-state index >= 15 is 0 Å². The molecule has 4 atom stereocenters. The summed E-state index contributed by atoms with van der Waals surface area (Å²) in [6, 6.07) is 0. The maximum atomic E-state index is 9.55. The van der Waals surface area contributed by atoms with Gasteiger partial charge < -0.3 is 24.8 Å². The minimum absolute atomic E-state index is 0.314. The van der Waals surface area contributed by atoms with Gasteiger partial charge >= 0.3 is 0 Å². The van der Waals surface area contributed by atoms with Crippen LogP contribution in [0.2, 0.25) is 0 Å². The van der Waals surface area contributed by atoms with Gasteiger partial charge in [-0.15, -0.1) is 0 Å². The molecule has 0 spiro atoms. The van der Waals surface area contributed by atoms with Crippen LogP contribution in [-0.2, 0) is 9.47 Å². The van der Waals surface area contributed by atoms with E-state index in [1.807, 2.05) is 6.92 Å². The van der Waals surface area contributed by atoms with Crippen LogP contribution < -0.4 is 0 Å². The van der Waals surface area contributed by atoms with Crippen LogP contribution >= 0.6 is 0 Å². The Kier molecular flexibility index (Phi) is 4.77. The number of unbranched alkanes of at least 4 members (excludes halogenated alkanes) is 1. The van der Waals surface area contributed by atoms with E-state index in [-0.39, 0.29) is 6.61 Å². The van der Waals surface area contributed by atoms with Crippen LogP contribution in [-0.4, -0.2) is 53.1 Å². The Morgan fingerprint density at radius 2 is 2.07 bits per heavy atom. The van der Waals surface area contributed by atoms with E-state index in [1.165, 1.54) is 0 Å². The van der Waals surface area contributed by atoms with E-state index in [0.717, 1.165) is 12.8 Å². The first kappa shape index (κ1) is 11.9. The molecule has 0 aliphatic carbocycles. The highest BCUT2D eigenvalue weighted by molar-refractivity contribution is 4.86. The Labute approximate surface area is 83.3 Å². The third kappa shape index (κ3) is 2.65. The molecule has 1 heterocycles. The van der Waals surface area contributed by atoms with Gasteiger partial charge in [0.25, 0.3) is 0 Å². The molecule has 14 heavy (non-hydrogen) atoms. The second kappa shape index (κ2) is 5.63. The van der Waals surface area contributed by atoms with Gasteiger partial charge in [0.2, 0.25) is 0 Å². The molecule has 5 nitrogen and oxygen atoms in total. The highest BCUT2D eigenvalue weighted by atomic mass is 16.7. The second-order valence-electron chi connectivity index (χ2n) is 3.43. The lowest BCUT2D eigenvalue weighted by Crippen LogP contribution is -2.36. The minimum Gasteiger partial charge on any atom is -0.394 e. The van der Waals surface area contributed by atoms with Crippen molar-refractivity contribution in [3.8, 4) is 0 Å². The van der Waals surface area contributed by atoms with Gasteiger partial charge in [-0.25, -0.2) is 0 Å². The Bertz CT molecular complexity index is 163. The van der Waals surface area contributed by atoms with Gasteiger partial charge in [-0.3, -0.25) is 0 Å². The van der Waals surface area contributed by atoms with E-state index in [4.69, 9.17) is 14.6 Å². The predicted molar refractivity (Wildman–Crippen MR) is 48.6 cm³/mol. The van der Waals surface area contributed by atoms with Gasteiger partial charge in [-0.2, -0.15) is 0 Å². The molecule has 3 N–H and O–H groups in total. The maximum Gasteiger partial charge on any atom is 0.184 e. The van der Waals surface area contributed by atoms with Gasteiger partial charge in [0, 0.05) is 6.61 Å². The van der Waals surface area contributed by atoms with Crippen molar-refractivity contribution in [2.75, 3.05) is 13.2 Å². The minimum atomic E-state index is -1.14. The molecule has 0 aromatic carbocycles. The number of rotatable bonds is 5. The lowest BCUT2D eigenvalue weighted by Gasteiger charge is -2.17. The summed E-state index contributed by atoms with van der Waals surface area (Å²) in [6.45, 7) is 2.19. The number of aliphatic hydroxyl groups excluding tert-OH is 3. The third-order valence-corrected chi connectivity index (χ3v) is 2.30. The Morgan fingerprint density at radius 1 is 1.36 bits per heavy atom. The number of aliphatic hydroxyl groups is 3. The van der Waals surface area contributed by atoms with Crippen molar-refractivity contribution >= 4 is 0 Å². The predicted octanol–water partition coefficient (Wildman–Crippen LogP) is -0.758. The van der Waals surface area contributed by atoms with Crippen molar-refractivity contribution < 1.29 is 24.8 Å². The summed E-state index contributed by atoms with van der Waals surface area (Å²) < 4.78 is 10.2. The van der Waals surface area contributed by atoms with Gasteiger partial charge in [0.05, 0.1) is 6.61 Å². The Balaban J connectivity index is 2.36. The first-order chi connectivity index (χ1) is 6.70. The molecule has 84 valence electrons. The van der Waals surface area contributed by atoms with Crippen molar-refractivity contribution in [3.63, 3.8) is 0 Å². The average molecular weight is 206 g/mol. The topological polar surface area (TPSA) is 79.2 Å². The lowest BCUT2D eigenvalue weighted by molar-refractivity contribution is -0.147. The fraction of sp³-hybridized carbons (Fsp3) is 1.00. The lowest BCUT2D eigenvalue weighted by atomic mass is 10.1. The molecule has 0 amide bonds. The first-order valence-electron chi connectivity index (χ1n) is 4.94. The van der Waals surface area contributed by atoms with Crippen molar-refractivity contribution in [2.45, 2.75) is 44.4 Å². The molecule has 5 heteroatoms. The Hall–Kier alpha value is -0.200. The second-order valence-corrected chi connectivity index (χ2v) is 3.43. The quantitative estimate of drug-likeness (QED) is 0.515. The van der Waals surface area contributed by atoms with Crippen LogP contribution in [0.3, 0.4) is 0 Å². The molecule has 1 saturated heterocycles. The Morgan fingerprint density at radius 3 is 2.57 bits per heavy atom. The number of hydrogen-bond donors (Lipinski definition) is 3. The van der Waals surface area contributed by atoms with Gasteiger partial charge in [0.15, 0.2) is 6.29 Å². The van der Waals surface area contributed by atoms with E-state index in [2.05, 4.69) is 0 Å². The summed E-state index contributed by atoms with van der Waals surface area (Å²) in [6.07, 6.45) is -1.70. The molecule has 0 radical (unpaired) electrons. The zero-order valence-corrected chi connectivity index (χ0v) is 8.30. The molecular weight excluding hydrogens is 188 g/mol. The molecule has 0 aromatic heterocycles. The largest absolute Gasteiger partial charge is 0.394 e. The summed E-state index contributed by atoms with van der Waals surface area (Å²) in [5.41, 5.74) is 0.